The average molecular weight is 460 g/mol. The second kappa shape index (κ2) is 9.25. The van der Waals surface area contributed by atoms with E-state index in [0.29, 0.717) is 16.9 Å². The normalized spacial score (nSPS) is 19.6. The first kappa shape index (κ1) is 24.3. The molecule has 1 N–H and O–H groups in total. The highest BCUT2D eigenvalue weighted by molar-refractivity contribution is 8.14. The van der Waals surface area contributed by atoms with Crippen LogP contribution < -0.4 is 5.32 Å². The summed E-state index contributed by atoms with van der Waals surface area (Å²) in [6.07, 6.45) is 0.851. The van der Waals surface area contributed by atoms with Crippen molar-refractivity contribution in [2.24, 2.45) is 16.3 Å². The molecule has 2 atom stereocenters. The molecule has 8 heteroatoms. The second-order valence-corrected chi connectivity index (χ2v) is 11.2. The minimum atomic E-state index is -0.582. The summed E-state index contributed by atoms with van der Waals surface area (Å²) in [5.74, 6) is -0.00353. The van der Waals surface area contributed by atoms with E-state index in [1.165, 1.54) is 4.90 Å². The first-order chi connectivity index (χ1) is 14.9. The van der Waals surface area contributed by atoms with Crippen LogP contribution in [-0.2, 0) is 4.74 Å². The number of carbonyl (C=O) groups excluding carboxylic acids is 3. The highest BCUT2D eigenvalue weighted by atomic mass is 32.2. The number of hydrogen-bond acceptors (Lipinski definition) is 6. The Labute approximate surface area is 194 Å². The van der Waals surface area contributed by atoms with Crippen molar-refractivity contribution in [2.75, 3.05) is 12.3 Å². The van der Waals surface area contributed by atoms with Crippen LogP contribution in [0.5, 0.6) is 0 Å². The third-order valence-electron chi connectivity index (χ3n) is 5.74. The van der Waals surface area contributed by atoms with E-state index >= 15 is 0 Å². The molecule has 3 rings (SSSR count). The third kappa shape index (κ3) is 5.71. The molecular formula is C24H33N3O4S. The van der Waals surface area contributed by atoms with Crippen molar-refractivity contribution < 1.29 is 19.1 Å². The molecule has 1 unspecified atom stereocenters. The van der Waals surface area contributed by atoms with Gasteiger partial charge in [-0.3, -0.25) is 24.8 Å². The first-order valence-corrected chi connectivity index (χ1v) is 12.0. The zero-order chi connectivity index (χ0) is 23.7. The number of thioether (sulfide) groups is 1. The van der Waals surface area contributed by atoms with E-state index in [0.717, 1.165) is 17.9 Å². The standard InChI is InChI=1S/C24H33N3O4S/c1-7-24(5,6)12-15(13-27-20(28)16-10-8-9-11-17(16)21(27)29)19-25-18(14-32-19)26-22(30)31-23(2,3)4/h8-11,15,18H,7,12-14H2,1-6H3,(H,26,30)/t15-,18?/m0/s1. The van der Waals surface area contributed by atoms with Gasteiger partial charge in [-0.15, -0.1) is 11.8 Å². The van der Waals surface area contributed by atoms with E-state index in [4.69, 9.17) is 9.73 Å². The number of nitrogens with zero attached hydrogens (tertiary/aromatic N) is 2. The van der Waals surface area contributed by atoms with Crippen LogP contribution in [0.1, 0.15) is 75.1 Å². The van der Waals surface area contributed by atoms with Gasteiger partial charge in [0, 0.05) is 18.2 Å². The van der Waals surface area contributed by atoms with E-state index in [9.17, 15) is 14.4 Å². The largest absolute Gasteiger partial charge is 0.444 e. The number of benzene rings is 1. The smallest absolute Gasteiger partial charge is 0.409 e. The second-order valence-electron chi connectivity index (χ2n) is 10.1. The highest BCUT2D eigenvalue weighted by Crippen LogP contribution is 2.36. The molecule has 0 fully saturated rings. The maximum absolute atomic E-state index is 12.9. The summed E-state index contributed by atoms with van der Waals surface area (Å²) in [6.45, 7) is 12.2. The molecule has 0 radical (unpaired) electrons. The molecule has 7 nitrogen and oxygen atoms in total. The van der Waals surface area contributed by atoms with Gasteiger partial charge in [0.2, 0.25) is 0 Å². The summed E-state index contributed by atoms with van der Waals surface area (Å²) < 4.78 is 5.34. The Hall–Kier alpha value is -2.35. The van der Waals surface area contributed by atoms with Crippen LogP contribution in [0.15, 0.2) is 29.3 Å². The molecular weight excluding hydrogens is 426 g/mol. The van der Waals surface area contributed by atoms with Crippen LogP contribution in [0.4, 0.5) is 4.79 Å². The number of nitrogens with one attached hydrogen (secondary N) is 1. The number of hydrogen-bond donors (Lipinski definition) is 1. The van der Waals surface area contributed by atoms with Crippen molar-refractivity contribution >= 4 is 34.7 Å². The summed E-state index contributed by atoms with van der Waals surface area (Å²) in [5, 5.41) is 3.67. The van der Waals surface area contributed by atoms with Crippen molar-refractivity contribution in [1.29, 1.82) is 0 Å². The Balaban J connectivity index is 1.78. The molecule has 2 aliphatic heterocycles. The molecule has 0 aliphatic carbocycles. The fourth-order valence-corrected chi connectivity index (χ4v) is 4.88. The van der Waals surface area contributed by atoms with Gasteiger partial charge >= 0.3 is 6.09 Å². The van der Waals surface area contributed by atoms with E-state index in [-0.39, 0.29) is 35.9 Å². The summed E-state index contributed by atoms with van der Waals surface area (Å²) >= 11 is 1.57. The van der Waals surface area contributed by atoms with E-state index < -0.39 is 11.7 Å². The number of rotatable bonds is 7. The number of amides is 3. The summed E-state index contributed by atoms with van der Waals surface area (Å²) in [7, 11) is 0. The molecule has 32 heavy (non-hydrogen) atoms. The SMILES string of the molecule is CCC(C)(C)C[C@@H](CN1C(=O)c2ccccc2C1=O)C1=NC(NC(=O)OC(C)(C)C)CS1. The molecule has 174 valence electrons. The van der Waals surface area contributed by atoms with Crippen molar-refractivity contribution in [1.82, 2.24) is 10.2 Å². The van der Waals surface area contributed by atoms with Crippen LogP contribution in [-0.4, -0.2) is 51.9 Å². The minimum absolute atomic E-state index is 0.0170. The maximum Gasteiger partial charge on any atom is 0.409 e. The van der Waals surface area contributed by atoms with Crippen molar-refractivity contribution in [3.63, 3.8) is 0 Å². The zero-order valence-electron chi connectivity index (χ0n) is 19.7. The third-order valence-corrected chi connectivity index (χ3v) is 6.96. The lowest BCUT2D eigenvalue weighted by molar-refractivity contribution is 0.0511. The molecule has 0 bridgehead atoms. The Morgan fingerprint density at radius 1 is 1.19 bits per heavy atom. The van der Waals surface area contributed by atoms with Crippen LogP contribution in [0.2, 0.25) is 0 Å². The predicted octanol–water partition coefficient (Wildman–Crippen LogP) is 4.72. The molecule has 0 spiro atoms. The lowest BCUT2D eigenvalue weighted by Crippen LogP contribution is -2.39. The van der Waals surface area contributed by atoms with E-state index in [1.807, 2.05) is 20.8 Å². The van der Waals surface area contributed by atoms with Crippen molar-refractivity contribution in [2.45, 2.75) is 66.2 Å². The molecule has 0 saturated heterocycles. The van der Waals surface area contributed by atoms with Gasteiger partial charge < -0.3 is 4.74 Å². The topological polar surface area (TPSA) is 88.1 Å². The first-order valence-electron chi connectivity index (χ1n) is 11.1. The summed E-state index contributed by atoms with van der Waals surface area (Å²) in [5.41, 5.74) is 0.345. The maximum atomic E-state index is 12.9. The predicted molar refractivity (Wildman–Crippen MR) is 127 cm³/mol. The number of aliphatic imine (C=N–C) groups is 1. The molecule has 0 aromatic heterocycles. The Bertz CT molecular complexity index is 900. The average Bonchev–Trinajstić information content (AvgIpc) is 3.25. The molecule has 0 saturated carbocycles. The molecule has 3 amide bonds. The van der Waals surface area contributed by atoms with Crippen LogP contribution in [0.25, 0.3) is 0 Å². The number of fused-ring (bicyclic) bond motifs is 1. The Kier molecular flexibility index (Phi) is 7.03. The lowest BCUT2D eigenvalue weighted by atomic mass is 9.80. The van der Waals surface area contributed by atoms with Gasteiger partial charge in [-0.25, -0.2) is 4.79 Å². The van der Waals surface area contributed by atoms with Gasteiger partial charge in [0.15, 0.2) is 0 Å². The number of alkyl carbamates (subject to hydrolysis) is 1. The summed E-state index contributed by atoms with van der Waals surface area (Å²) in [4.78, 5) is 44.1. The number of imide groups is 1. The number of carbonyl (C=O) groups is 3. The van der Waals surface area contributed by atoms with Gasteiger partial charge in [-0.05, 0) is 44.7 Å². The van der Waals surface area contributed by atoms with Crippen molar-refractivity contribution in [3.05, 3.63) is 35.4 Å². The monoisotopic (exact) mass is 459 g/mol. The van der Waals surface area contributed by atoms with Gasteiger partial charge in [0.25, 0.3) is 11.8 Å². The van der Waals surface area contributed by atoms with Crippen LogP contribution >= 0.6 is 11.8 Å². The van der Waals surface area contributed by atoms with Gasteiger partial charge in [-0.2, -0.15) is 0 Å². The highest BCUT2D eigenvalue weighted by Gasteiger charge is 2.39. The van der Waals surface area contributed by atoms with E-state index in [2.05, 4.69) is 26.1 Å². The quantitative estimate of drug-likeness (QED) is 0.596. The Morgan fingerprint density at radius 2 is 1.78 bits per heavy atom. The fraction of sp³-hybridized carbons (Fsp3) is 0.583. The van der Waals surface area contributed by atoms with Gasteiger partial charge in [0.1, 0.15) is 11.8 Å². The molecule has 1 aromatic carbocycles. The van der Waals surface area contributed by atoms with Crippen molar-refractivity contribution in [3.8, 4) is 0 Å². The fourth-order valence-electron chi connectivity index (χ4n) is 3.80. The van der Waals surface area contributed by atoms with Gasteiger partial charge in [-0.1, -0.05) is 39.3 Å². The molecule has 2 heterocycles. The number of ether oxygens (including phenoxy) is 1. The van der Waals surface area contributed by atoms with Crippen LogP contribution in [0, 0.1) is 11.3 Å². The molecule has 1 aromatic rings. The van der Waals surface area contributed by atoms with E-state index in [1.54, 1.807) is 36.0 Å². The molecule has 2 aliphatic rings. The van der Waals surface area contributed by atoms with Gasteiger partial charge in [0.05, 0.1) is 16.2 Å². The summed E-state index contributed by atoms with van der Waals surface area (Å²) in [6, 6.07) is 6.94. The minimum Gasteiger partial charge on any atom is -0.444 e. The van der Waals surface area contributed by atoms with Crippen LogP contribution in [0.3, 0.4) is 0 Å². The zero-order valence-corrected chi connectivity index (χ0v) is 20.5. The Morgan fingerprint density at radius 3 is 2.31 bits per heavy atom. The lowest BCUT2D eigenvalue weighted by Gasteiger charge is -2.30.